The van der Waals surface area contributed by atoms with Gasteiger partial charge in [0.15, 0.2) is 11.2 Å². The number of H-pyrrole nitrogens is 1. The molecule has 244 valence electrons. The predicted molar refractivity (Wildman–Crippen MR) is 174 cm³/mol. The van der Waals surface area contributed by atoms with Gasteiger partial charge in [0.1, 0.15) is 29.4 Å². The molecule has 6 rings (SSSR count). The molecule has 0 aliphatic carbocycles. The molecule has 12 nitrogen and oxygen atoms in total. The fourth-order valence-electron chi connectivity index (χ4n) is 5.77. The Balaban J connectivity index is 1.33. The lowest BCUT2D eigenvalue weighted by molar-refractivity contribution is -0.118. The van der Waals surface area contributed by atoms with Crippen molar-refractivity contribution in [2.75, 3.05) is 26.1 Å². The molecular formula is C35H37N5O7. The Hall–Kier alpha value is -5.04. The molecule has 12 heteroatoms. The van der Waals surface area contributed by atoms with E-state index in [0.29, 0.717) is 11.5 Å². The number of imidazole rings is 1. The van der Waals surface area contributed by atoms with Crippen LogP contribution in [-0.4, -0.2) is 63.6 Å². The lowest BCUT2D eigenvalue weighted by Gasteiger charge is -2.37. The average molecular weight is 640 g/mol. The largest absolute Gasteiger partial charge is 0.497 e. The standard InChI is InChI=1S/C35H37N5O7/c1-21(2)32(42)38-34-37-31-30(33(43)39-34)36-20-40(31)29-18-27(41)28(47-29)19-46-35(22-8-6-5-7-9-22,23-10-14-25(44-3)15-11-23)24-12-16-26(45-4)17-13-24/h5-17,20-21,27-29,41H,18-19H2,1-4H3,(H2,37,38,39,42,43)/t27-,28+,29-/m1/s1. The molecule has 1 fully saturated rings. The summed E-state index contributed by atoms with van der Waals surface area (Å²) in [6.45, 7) is 3.49. The van der Waals surface area contributed by atoms with Gasteiger partial charge in [-0.3, -0.25) is 24.5 Å². The Morgan fingerprint density at radius 3 is 2.17 bits per heavy atom. The molecule has 1 amide bonds. The Morgan fingerprint density at radius 1 is 1.00 bits per heavy atom. The van der Waals surface area contributed by atoms with E-state index in [9.17, 15) is 14.7 Å². The number of anilines is 1. The summed E-state index contributed by atoms with van der Waals surface area (Å²) in [6.07, 6.45) is -0.686. The molecule has 2 aromatic heterocycles. The second-order valence-electron chi connectivity index (χ2n) is 11.6. The van der Waals surface area contributed by atoms with Crippen molar-refractivity contribution >= 4 is 23.0 Å². The van der Waals surface area contributed by atoms with Crippen LogP contribution in [0.1, 0.15) is 43.2 Å². The number of benzene rings is 3. The summed E-state index contributed by atoms with van der Waals surface area (Å²) >= 11 is 0. The molecule has 1 aliphatic rings. The van der Waals surface area contributed by atoms with E-state index in [1.54, 1.807) is 32.6 Å². The quantitative estimate of drug-likeness (QED) is 0.179. The van der Waals surface area contributed by atoms with Crippen LogP contribution in [0.25, 0.3) is 11.2 Å². The summed E-state index contributed by atoms with van der Waals surface area (Å²) in [5.74, 6) is 0.810. The number of rotatable bonds is 11. The van der Waals surface area contributed by atoms with E-state index in [2.05, 4.69) is 20.3 Å². The summed E-state index contributed by atoms with van der Waals surface area (Å²) < 4.78 is 25.8. The first-order valence-corrected chi connectivity index (χ1v) is 15.3. The summed E-state index contributed by atoms with van der Waals surface area (Å²) in [4.78, 5) is 36.3. The van der Waals surface area contributed by atoms with Gasteiger partial charge in [-0.15, -0.1) is 0 Å². The summed E-state index contributed by atoms with van der Waals surface area (Å²) in [5.41, 5.74) is 1.28. The Labute approximate surface area is 271 Å². The molecule has 0 saturated carbocycles. The number of aromatic nitrogens is 4. The third-order valence-electron chi connectivity index (χ3n) is 8.35. The van der Waals surface area contributed by atoms with Gasteiger partial charge in [0, 0.05) is 12.3 Å². The molecule has 1 aliphatic heterocycles. The van der Waals surface area contributed by atoms with Crippen molar-refractivity contribution < 1.29 is 28.8 Å². The zero-order chi connectivity index (χ0) is 33.1. The van der Waals surface area contributed by atoms with Crippen LogP contribution in [-0.2, 0) is 19.9 Å². The fourth-order valence-corrected chi connectivity index (χ4v) is 5.77. The summed E-state index contributed by atoms with van der Waals surface area (Å²) in [6, 6.07) is 25.2. The number of hydrogen-bond donors (Lipinski definition) is 3. The number of nitrogens with zero attached hydrogens (tertiary/aromatic N) is 3. The molecule has 0 spiro atoms. The van der Waals surface area contributed by atoms with Crippen LogP contribution in [0.3, 0.4) is 0 Å². The topological polar surface area (TPSA) is 150 Å². The molecule has 3 N–H and O–H groups in total. The molecule has 0 bridgehead atoms. The van der Waals surface area contributed by atoms with E-state index >= 15 is 0 Å². The fraction of sp³-hybridized carbons (Fsp3) is 0.314. The first-order valence-electron chi connectivity index (χ1n) is 15.3. The third kappa shape index (κ3) is 6.22. The van der Waals surface area contributed by atoms with Crippen molar-refractivity contribution in [1.29, 1.82) is 0 Å². The van der Waals surface area contributed by atoms with Gasteiger partial charge in [-0.1, -0.05) is 68.4 Å². The van der Waals surface area contributed by atoms with E-state index in [1.165, 1.54) is 6.33 Å². The van der Waals surface area contributed by atoms with Gasteiger partial charge >= 0.3 is 0 Å². The maximum Gasteiger partial charge on any atom is 0.280 e. The number of ether oxygens (including phenoxy) is 4. The van der Waals surface area contributed by atoms with E-state index in [-0.39, 0.29) is 42.0 Å². The van der Waals surface area contributed by atoms with Crippen LogP contribution in [0, 0.1) is 5.92 Å². The number of carbonyl (C=O) groups excluding carboxylic acids is 1. The molecule has 1 saturated heterocycles. The van der Waals surface area contributed by atoms with Crippen LogP contribution >= 0.6 is 0 Å². The van der Waals surface area contributed by atoms with Gasteiger partial charge < -0.3 is 24.1 Å². The number of carbonyl (C=O) groups is 1. The van der Waals surface area contributed by atoms with Gasteiger partial charge in [-0.2, -0.15) is 4.98 Å². The number of nitrogens with one attached hydrogen (secondary N) is 2. The normalized spacial score (nSPS) is 18.0. The molecule has 47 heavy (non-hydrogen) atoms. The van der Waals surface area contributed by atoms with E-state index in [1.807, 2.05) is 78.9 Å². The summed E-state index contributed by atoms with van der Waals surface area (Å²) in [5, 5.41) is 13.9. The number of methoxy groups -OCH3 is 2. The van der Waals surface area contributed by atoms with Crippen LogP contribution < -0.4 is 20.3 Å². The SMILES string of the molecule is COc1ccc(C(OC[C@@H]2O[C@@H](n3cnc4c(=O)[nH]c(NC(=O)C(C)C)nc43)C[C@H]2O)(c2ccccc2)c2ccc(OC)cc2)cc1. The highest BCUT2D eigenvalue weighted by atomic mass is 16.6. The maximum atomic E-state index is 12.8. The minimum atomic E-state index is -1.10. The first-order chi connectivity index (χ1) is 22.7. The number of aromatic amines is 1. The van der Waals surface area contributed by atoms with Crippen LogP contribution in [0.5, 0.6) is 11.5 Å². The Bertz CT molecular complexity index is 1840. The summed E-state index contributed by atoms with van der Waals surface area (Å²) in [7, 11) is 3.23. The van der Waals surface area contributed by atoms with Crippen LogP contribution in [0.2, 0.25) is 0 Å². The minimum absolute atomic E-state index is 0.00741. The van der Waals surface area contributed by atoms with Crippen molar-refractivity contribution in [3.63, 3.8) is 0 Å². The van der Waals surface area contributed by atoms with Crippen LogP contribution in [0.15, 0.2) is 90.0 Å². The molecule has 3 atom stereocenters. The van der Waals surface area contributed by atoms with E-state index in [0.717, 1.165) is 16.7 Å². The lowest BCUT2D eigenvalue weighted by Crippen LogP contribution is -2.38. The highest BCUT2D eigenvalue weighted by Gasteiger charge is 2.42. The molecule has 0 radical (unpaired) electrons. The van der Waals surface area contributed by atoms with Gasteiger partial charge in [0.05, 0.1) is 33.3 Å². The Kier molecular flexibility index (Phi) is 9.08. The number of hydrogen-bond acceptors (Lipinski definition) is 9. The third-order valence-corrected chi connectivity index (χ3v) is 8.35. The number of aliphatic hydroxyl groups is 1. The predicted octanol–water partition coefficient (Wildman–Crippen LogP) is 4.39. The number of amides is 1. The second-order valence-corrected chi connectivity index (χ2v) is 11.6. The van der Waals surface area contributed by atoms with Crippen molar-refractivity contribution in [2.24, 2.45) is 5.92 Å². The molecule has 3 heterocycles. The van der Waals surface area contributed by atoms with Crippen molar-refractivity contribution in [1.82, 2.24) is 19.5 Å². The smallest absolute Gasteiger partial charge is 0.280 e. The minimum Gasteiger partial charge on any atom is -0.497 e. The molecule has 0 unspecified atom stereocenters. The van der Waals surface area contributed by atoms with Gasteiger partial charge in [0.2, 0.25) is 11.9 Å². The van der Waals surface area contributed by atoms with E-state index in [4.69, 9.17) is 18.9 Å². The van der Waals surface area contributed by atoms with Gasteiger partial charge in [0.25, 0.3) is 5.56 Å². The number of aliphatic hydroxyl groups excluding tert-OH is 1. The van der Waals surface area contributed by atoms with E-state index < -0.39 is 29.6 Å². The van der Waals surface area contributed by atoms with Crippen LogP contribution in [0.4, 0.5) is 5.95 Å². The second kappa shape index (κ2) is 13.4. The van der Waals surface area contributed by atoms with Crippen molar-refractivity contribution in [3.8, 4) is 11.5 Å². The average Bonchev–Trinajstić information content (AvgIpc) is 3.69. The zero-order valence-corrected chi connectivity index (χ0v) is 26.5. The first kappa shape index (κ1) is 31.9. The molecule has 3 aromatic carbocycles. The Morgan fingerprint density at radius 2 is 1.60 bits per heavy atom. The lowest BCUT2D eigenvalue weighted by atomic mass is 9.80. The highest BCUT2D eigenvalue weighted by molar-refractivity contribution is 5.91. The van der Waals surface area contributed by atoms with Gasteiger partial charge in [-0.25, -0.2) is 4.98 Å². The molecular weight excluding hydrogens is 602 g/mol. The van der Waals surface area contributed by atoms with Crippen molar-refractivity contribution in [3.05, 3.63) is 112 Å². The highest BCUT2D eigenvalue weighted by Crippen LogP contribution is 2.43. The van der Waals surface area contributed by atoms with Gasteiger partial charge in [-0.05, 0) is 41.0 Å². The monoisotopic (exact) mass is 639 g/mol. The number of fused-ring (bicyclic) bond motifs is 1. The maximum absolute atomic E-state index is 12.8. The zero-order valence-electron chi connectivity index (χ0n) is 26.5. The van der Waals surface area contributed by atoms with Crippen molar-refractivity contribution in [2.45, 2.75) is 44.3 Å². The molecule has 5 aromatic rings.